The van der Waals surface area contributed by atoms with Crippen LogP contribution >= 0.6 is 0 Å². The number of fused-ring (bicyclic) bond motifs is 1. The maximum Gasteiger partial charge on any atom is 0.243 e. The van der Waals surface area contributed by atoms with E-state index in [2.05, 4.69) is 31.2 Å². The number of rotatable bonds is 6. The first-order chi connectivity index (χ1) is 15.9. The van der Waals surface area contributed by atoms with Crippen LogP contribution in [0.25, 0.3) is 0 Å². The Balaban J connectivity index is 1.36. The third-order valence-electron chi connectivity index (χ3n) is 6.39. The molecule has 7 nitrogen and oxygen atoms in total. The van der Waals surface area contributed by atoms with Crippen molar-refractivity contribution in [3.8, 4) is 11.5 Å². The fourth-order valence-corrected chi connectivity index (χ4v) is 5.83. The summed E-state index contributed by atoms with van der Waals surface area (Å²) in [7, 11) is -1.84. The van der Waals surface area contributed by atoms with Gasteiger partial charge in [0.15, 0.2) is 11.5 Å². The Bertz CT molecular complexity index is 1080. The monoisotopic (exact) mass is 472 g/mol. The van der Waals surface area contributed by atoms with E-state index in [1.54, 1.807) is 23.1 Å². The molecule has 0 unspecified atom stereocenters. The van der Waals surface area contributed by atoms with E-state index in [0.29, 0.717) is 57.2 Å². The second kappa shape index (κ2) is 10.1. The van der Waals surface area contributed by atoms with Crippen LogP contribution in [0.4, 0.5) is 0 Å². The summed E-state index contributed by atoms with van der Waals surface area (Å²) < 4.78 is 39.1. The van der Waals surface area contributed by atoms with Crippen molar-refractivity contribution in [1.82, 2.24) is 9.21 Å². The standard InChI is InChI=1S/C25H32N2O5S/c1-3-19-5-7-20(8-6-19)18-26(2)25(28)21-11-13-27(14-12-21)33(29,30)22-9-10-23-24(17-22)32-16-4-15-31-23/h5-10,17,21H,3-4,11-16,18H2,1-2H3. The van der Waals surface area contributed by atoms with Gasteiger partial charge < -0.3 is 14.4 Å². The smallest absolute Gasteiger partial charge is 0.243 e. The van der Waals surface area contributed by atoms with Crippen LogP contribution in [0, 0.1) is 5.92 Å². The predicted molar refractivity (Wildman–Crippen MR) is 126 cm³/mol. The number of ether oxygens (including phenoxy) is 2. The molecule has 0 aromatic heterocycles. The van der Waals surface area contributed by atoms with Gasteiger partial charge >= 0.3 is 0 Å². The molecule has 178 valence electrons. The molecule has 0 bridgehead atoms. The highest BCUT2D eigenvalue weighted by Crippen LogP contribution is 2.34. The number of piperidine rings is 1. The molecule has 2 aliphatic rings. The summed E-state index contributed by atoms with van der Waals surface area (Å²) in [5, 5.41) is 0. The van der Waals surface area contributed by atoms with Gasteiger partial charge in [-0.05, 0) is 42.5 Å². The van der Waals surface area contributed by atoms with Gasteiger partial charge in [0.1, 0.15) is 0 Å². The Morgan fingerprint density at radius 3 is 2.30 bits per heavy atom. The highest BCUT2D eigenvalue weighted by Gasteiger charge is 2.33. The Kier molecular flexibility index (Phi) is 7.24. The number of hydrogen-bond acceptors (Lipinski definition) is 5. The van der Waals surface area contributed by atoms with E-state index >= 15 is 0 Å². The van der Waals surface area contributed by atoms with Crippen molar-refractivity contribution in [2.45, 2.75) is 44.0 Å². The van der Waals surface area contributed by atoms with Crippen LogP contribution in [0.5, 0.6) is 11.5 Å². The van der Waals surface area contributed by atoms with E-state index in [0.717, 1.165) is 18.4 Å². The van der Waals surface area contributed by atoms with Gasteiger partial charge in [0.05, 0.1) is 18.1 Å². The molecule has 0 radical (unpaired) electrons. The normalized spacial score (nSPS) is 17.4. The molecule has 33 heavy (non-hydrogen) atoms. The van der Waals surface area contributed by atoms with Gasteiger partial charge in [-0.3, -0.25) is 4.79 Å². The lowest BCUT2D eigenvalue weighted by Crippen LogP contribution is -2.43. The summed E-state index contributed by atoms with van der Waals surface area (Å²) >= 11 is 0. The van der Waals surface area contributed by atoms with Crippen molar-refractivity contribution in [2.24, 2.45) is 5.92 Å². The minimum absolute atomic E-state index is 0.0715. The summed E-state index contributed by atoms with van der Waals surface area (Å²) in [6.07, 6.45) is 2.78. The highest BCUT2D eigenvalue weighted by atomic mass is 32.2. The zero-order valence-corrected chi connectivity index (χ0v) is 20.1. The van der Waals surface area contributed by atoms with E-state index in [9.17, 15) is 13.2 Å². The molecule has 2 aromatic carbocycles. The number of amides is 1. The van der Waals surface area contributed by atoms with E-state index in [4.69, 9.17) is 9.47 Å². The molecule has 8 heteroatoms. The van der Waals surface area contributed by atoms with E-state index in [1.165, 1.54) is 9.87 Å². The zero-order valence-electron chi connectivity index (χ0n) is 19.3. The fraction of sp³-hybridized carbons (Fsp3) is 0.480. The predicted octanol–water partition coefficient (Wildman–Crippen LogP) is 3.47. The maximum absolute atomic E-state index is 13.2. The first-order valence-electron chi connectivity index (χ1n) is 11.6. The number of hydrogen-bond donors (Lipinski definition) is 0. The molecule has 1 fully saturated rings. The molecule has 4 rings (SSSR count). The third kappa shape index (κ3) is 5.33. The Morgan fingerprint density at radius 2 is 1.64 bits per heavy atom. The number of sulfonamides is 1. The second-order valence-corrected chi connectivity index (χ2v) is 10.6. The quantitative estimate of drug-likeness (QED) is 0.644. The Labute approximate surface area is 196 Å². The second-order valence-electron chi connectivity index (χ2n) is 8.70. The molecule has 1 amide bonds. The number of carbonyl (C=O) groups excluding carboxylic acids is 1. The van der Waals surface area contributed by atoms with Crippen LogP contribution in [-0.2, 0) is 27.8 Å². The van der Waals surface area contributed by atoms with Crippen LogP contribution in [0.15, 0.2) is 47.4 Å². The molecule has 1 saturated heterocycles. The largest absolute Gasteiger partial charge is 0.490 e. The van der Waals surface area contributed by atoms with Crippen molar-refractivity contribution in [3.05, 3.63) is 53.6 Å². The van der Waals surface area contributed by atoms with Crippen LogP contribution < -0.4 is 9.47 Å². The average molecular weight is 473 g/mol. The molecule has 0 spiro atoms. The molecule has 0 N–H and O–H groups in total. The summed E-state index contributed by atoms with van der Waals surface area (Å²) in [6, 6.07) is 13.1. The lowest BCUT2D eigenvalue weighted by molar-refractivity contribution is -0.135. The van der Waals surface area contributed by atoms with E-state index < -0.39 is 10.0 Å². The highest BCUT2D eigenvalue weighted by molar-refractivity contribution is 7.89. The van der Waals surface area contributed by atoms with Crippen molar-refractivity contribution < 1.29 is 22.7 Å². The maximum atomic E-state index is 13.2. The van der Waals surface area contributed by atoms with Crippen molar-refractivity contribution in [1.29, 1.82) is 0 Å². The minimum atomic E-state index is -3.66. The number of carbonyl (C=O) groups is 1. The number of nitrogens with zero attached hydrogens (tertiary/aromatic N) is 2. The molecule has 2 aliphatic heterocycles. The van der Waals surface area contributed by atoms with Crippen molar-refractivity contribution in [3.63, 3.8) is 0 Å². The van der Waals surface area contributed by atoms with Crippen LogP contribution in [0.3, 0.4) is 0 Å². The van der Waals surface area contributed by atoms with Gasteiger partial charge in [-0.25, -0.2) is 8.42 Å². The summed E-state index contributed by atoms with van der Waals surface area (Å²) in [6.45, 7) is 4.38. The van der Waals surface area contributed by atoms with Gasteiger partial charge in [0.25, 0.3) is 0 Å². The van der Waals surface area contributed by atoms with Gasteiger partial charge in [-0.1, -0.05) is 31.2 Å². The van der Waals surface area contributed by atoms with Crippen LogP contribution in [0.2, 0.25) is 0 Å². The van der Waals surface area contributed by atoms with Gasteiger partial charge in [0.2, 0.25) is 15.9 Å². The molecule has 0 saturated carbocycles. The van der Waals surface area contributed by atoms with Gasteiger partial charge in [-0.2, -0.15) is 4.31 Å². The Morgan fingerprint density at radius 1 is 1.00 bits per heavy atom. The average Bonchev–Trinajstić information content (AvgIpc) is 3.09. The van der Waals surface area contributed by atoms with Crippen LogP contribution in [0.1, 0.15) is 37.3 Å². The van der Waals surface area contributed by atoms with Gasteiger partial charge in [0, 0.05) is 45.1 Å². The van der Waals surface area contributed by atoms with Crippen molar-refractivity contribution >= 4 is 15.9 Å². The summed E-state index contributed by atoms with van der Waals surface area (Å²) in [5.74, 6) is 0.942. The minimum Gasteiger partial charge on any atom is -0.490 e. The van der Waals surface area contributed by atoms with Crippen molar-refractivity contribution in [2.75, 3.05) is 33.4 Å². The topological polar surface area (TPSA) is 76.2 Å². The Hall–Kier alpha value is -2.58. The molecule has 2 aromatic rings. The molecule has 0 aliphatic carbocycles. The molecular weight excluding hydrogens is 440 g/mol. The summed E-state index contributed by atoms with van der Waals surface area (Å²) in [4.78, 5) is 14.9. The molecule has 0 atom stereocenters. The van der Waals surface area contributed by atoms with Crippen LogP contribution in [-0.4, -0.2) is 56.9 Å². The summed E-state index contributed by atoms with van der Waals surface area (Å²) in [5.41, 5.74) is 2.37. The number of benzene rings is 2. The zero-order chi connectivity index (χ0) is 23.4. The SMILES string of the molecule is CCc1ccc(CN(C)C(=O)C2CCN(S(=O)(=O)c3ccc4c(c3)OCCCO4)CC2)cc1. The molecule has 2 heterocycles. The van der Waals surface area contributed by atoms with E-state index in [1.807, 2.05) is 7.05 Å². The van der Waals surface area contributed by atoms with E-state index in [-0.39, 0.29) is 16.7 Å². The molecular formula is C25H32N2O5S. The lowest BCUT2D eigenvalue weighted by Gasteiger charge is -2.32. The van der Waals surface area contributed by atoms with Gasteiger partial charge in [-0.15, -0.1) is 0 Å². The lowest BCUT2D eigenvalue weighted by atomic mass is 9.96. The first-order valence-corrected chi connectivity index (χ1v) is 13.0. The fourth-order valence-electron chi connectivity index (χ4n) is 4.34. The third-order valence-corrected chi connectivity index (χ3v) is 8.28. The first kappa shape index (κ1) is 23.6. The number of aryl methyl sites for hydroxylation is 1.